The van der Waals surface area contributed by atoms with E-state index in [2.05, 4.69) is 5.32 Å². The fourth-order valence-electron chi connectivity index (χ4n) is 2.07. The number of amides is 2. The maximum Gasteiger partial charge on any atom is 0.251 e. The molecule has 0 aliphatic heterocycles. The average molecular weight is 317 g/mol. The topological polar surface area (TPSA) is 75.4 Å². The third-order valence-electron chi connectivity index (χ3n) is 3.17. The van der Waals surface area contributed by atoms with Crippen molar-refractivity contribution < 1.29 is 9.59 Å². The fraction of sp³-hybridized carbons (Fsp3) is 0.250. The number of rotatable bonds is 6. The van der Waals surface area contributed by atoms with E-state index in [1.54, 1.807) is 11.4 Å². The van der Waals surface area contributed by atoms with Gasteiger partial charge in [-0.25, -0.2) is 0 Å². The summed E-state index contributed by atoms with van der Waals surface area (Å²) in [5.74, 6) is -0.705. The van der Waals surface area contributed by atoms with Crippen LogP contribution in [0.2, 0.25) is 0 Å². The molecule has 1 aromatic heterocycles. The highest BCUT2D eigenvalue weighted by Crippen LogP contribution is 2.22. The van der Waals surface area contributed by atoms with E-state index in [4.69, 9.17) is 5.73 Å². The van der Waals surface area contributed by atoms with Gasteiger partial charge in [0.1, 0.15) is 5.00 Å². The van der Waals surface area contributed by atoms with Gasteiger partial charge in [0.2, 0.25) is 5.91 Å². The zero-order chi connectivity index (χ0) is 16.1. The van der Waals surface area contributed by atoms with E-state index in [1.165, 1.54) is 16.9 Å². The molecule has 0 radical (unpaired) electrons. The van der Waals surface area contributed by atoms with E-state index in [1.807, 2.05) is 43.1 Å². The van der Waals surface area contributed by atoms with Crippen molar-refractivity contribution in [1.82, 2.24) is 4.90 Å². The number of carbonyl (C=O) groups excluding carboxylic acids is 2. The van der Waals surface area contributed by atoms with Gasteiger partial charge in [-0.05, 0) is 31.0 Å². The highest BCUT2D eigenvalue weighted by atomic mass is 32.1. The Kier molecular flexibility index (Phi) is 5.30. The van der Waals surface area contributed by atoms with Crippen LogP contribution in [0.25, 0.3) is 0 Å². The molecule has 22 heavy (non-hydrogen) atoms. The van der Waals surface area contributed by atoms with Crippen LogP contribution < -0.4 is 11.1 Å². The minimum absolute atomic E-state index is 0.167. The fourth-order valence-corrected chi connectivity index (χ4v) is 2.88. The molecular formula is C16H19N3O2S. The Morgan fingerprint density at radius 1 is 1.23 bits per heavy atom. The Hall–Kier alpha value is -2.18. The van der Waals surface area contributed by atoms with Crippen LogP contribution in [0.15, 0.2) is 35.7 Å². The Morgan fingerprint density at radius 2 is 1.91 bits per heavy atom. The zero-order valence-electron chi connectivity index (χ0n) is 12.6. The summed E-state index contributed by atoms with van der Waals surface area (Å²) in [5.41, 5.74) is 7.96. The van der Waals surface area contributed by atoms with Crippen LogP contribution in [0.4, 0.5) is 5.00 Å². The molecule has 2 aromatic rings. The molecule has 2 amide bonds. The van der Waals surface area contributed by atoms with Crippen molar-refractivity contribution in [2.45, 2.75) is 13.5 Å². The summed E-state index contributed by atoms with van der Waals surface area (Å²) in [4.78, 5) is 25.2. The molecule has 0 bridgehead atoms. The third-order valence-corrected chi connectivity index (χ3v) is 4.00. The van der Waals surface area contributed by atoms with Crippen LogP contribution in [0.5, 0.6) is 0 Å². The molecule has 0 saturated carbocycles. The Balaban J connectivity index is 1.89. The summed E-state index contributed by atoms with van der Waals surface area (Å²) in [6, 6.07) is 9.81. The molecule has 0 aliphatic rings. The molecule has 0 unspecified atom stereocenters. The summed E-state index contributed by atoms with van der Waals surface area (Å²) in [7, 11) is 1.88. The quantitative estimate of drug-likeness (QED) is 0.858. The van der Waals surface area contributed by atoms with E-state index >= 15 is 0 Å². The first-order valence-corrected chi connectivity index (χ1v) is 7.75. The van der Waals surface area contributed by atoms with Crippen LogP contribution >= 0.6 is 11.3 Å². The second kappa shape index (κ2) is 7.20. The normalized spacial score (nSPS) is 10.7. The van der Waals surface area contributed by atoms with E-state index in [9.17, 15) is 9.59 Å². The largest absolute Gasteiger partial charge is 0.366 e. The number of nitrogens with two attached hydrogens (primary N) is 1. The molecule has 5 nitrogen and oxygen atoms in total. The number of benzene rings is 1. The zero-order valence-corrected chi connectivity index (χ0v) is 13.4. The van der Waals surface area contributed by atoms with Crippen LogP contribution in [0, 0.1) is 6.92 Å². The molecule has 0 atom stereocenters. The Morgan fingerprint density at radius 3 is 2.55 bits per heavy atom. The number of aryl methyl sites for hydroxylation is 1. The highest BCUT2D eigenvalue weighted by Gasteiger charge is 2.13. The van der Waals surface area contributed by atoms with Gasteiger partial charge in [-0.2, -0.15) is 0 Å². The minimum atomic E-state index is -0.537. The summed E-state index contributed by atoms with van der Waals surface area (Å²) in [5, 5.41) is 4.96. The smallest absolute Gasteiger partial charge is 0.251 e. The predicted molar refractivity (Wildman–Crippen MR) is 89.0 cm³/mol. The number of anilines is 1. The number of primary amides is 1. The van der Waals surface area contributed by atoms with Crippen LogP contribution in [0.3, 0.4) is 0 Å². The summed E-state index contributed by atoms with van der Waals surface area (Å²) in [6.45, 7) is 2.96. The number of nitrogens with zero attached hydrogens (tertiary/aromatic N) is 1. The predicted octanol–water partition coefficient (Wildman–Crippen LogP) is 2.23. The lowest BCUT2D eigenvalue weighted by molar-refractivity contribution is -0.117. The number of hydrogen-bond donors (Lipinski definition) is 2. The third kappa shape index (κ3) is 4.41. The van der Waals surface area contributed by atoms with E-state index < -0.39 is 5.91 Å². The summed E-state index contributed by atoms with van der Waals surface area (Å²) in [6.07, 6.45) is 0. The molecule has 6 heteroatoms. The van der Waals surface area contributed by atoms with Crippen molar-refractivity contribution in [3.8, 4) is 0 Å². The molecule has 1 aromatic carbocycles. The van der Waals surface area contributed by atoms with Crippen molar-refractivity contribution in [3.05, 3.63) is 52.4 Å². The van der Waals surface area contributed by atoms with Gasteiger partial charge in [0.15, 0.2) is 0 Å². The van der Waals surface area contributed by atoms with Gasteiger partial charge in [0.05, 0.1) is 12.1 Å². The van der Waals surface area contributed by atoms with Gasteiger partial charge in [-0.3, -0.25) is 14.5 Å². The molecule has 0 aliphatic carbocycles. The Bertz CT molecular complexity index is 664. The standard InChI is InChI=1S/C16H19N3O2S/c1-11-3-5-12(6-4-11)9-19(2)10-14(20)18-16-13(15(17)21)7-8-22-16/h3-8H,9-10H2,1-2H3,(H2,17,21)(H,18,20). The molecule has 1 heterocycles. The number of hydrogen-bond acceptors (Lipinski definition) is 4. The SMILES string of the molecule is Cc1ccc(CN(C)CC(=O)Nc2sccc2C(N)=O)cc1. The second-order valence-electron chi connectivity index (χ2n) is 5.23. The summed E-state index contributed by atoms with van der Waals surface area (Å²) < 4.78 is 0. The number of carbonyl (C=O) groups is 2. The molecule has 116 valence electrons. The molecule has 2 rings (SSSR count). The molecular weight excluding hydrogens is 298 g/mol. The van der Waals surface area contributed by atoms with Crippen molar-refractivity contribution in [2.75, 3.05) is 18.9 Å². The first-order chi connectivity index (χ1) is 10.5. The van der Waals surface area contributed by atoms with Crippen molar-refractivity contribution in [1.29, 1.82) is 0 Å². The van der Waals surface area contributed by atoms with Gasteiger partial charge >= 0.3 is 0 Å². The lowest BCUT2D eigenvalue weighted by Gasteiger charge is -2.16. The Labute approximate surface area is 133 Å². The van der Waals surface area contributed by atoms with Gasteiger partial charge in [0.25, 0.3) is 5.91 Å². The lowest BCUT2D eigenvalue weighted by atomic mass is 10.1. The number of nitrogens with one attached hydrogen (secondary N) is 1. The monoisotopic (exact) mass is 317 g/mol. The number of thiophene rings is 1. The van der Waals surface area contributed by atoms with Crippen LogP contribution in [-0.2, 0) is 11.3 Å². The van der Waals surface area contributed by atoms with E-state index in [-0.39, 0.29) is 12.5 Å². The first-order valence-electron chi connectivity index (χ1n) is 6.87. The minimum Gasteiger partial charge on any atom is -0.366 e. The van der Waals surface area contributed by atoms with Gasteiger partial charge in [-0.1, -0.05) is 29.8 Å². The van der Waals surface area contributed by atoms with Crippen molar-refractivity contribution in [2.24, 2.45) is 5.73 Å². The number of likely N-dealkylation sites (N-methyl/N-ethyl adjacent to an activating group) is 1. The van der Waals surface area contributed by atoms with Crippen LogP contribution in [0.1, 0.15) is 21.5 Å². The molecule has 0 spiro atoms. The van der Waals surface area contributed by atoms with E-state index in [0.29, 0.717) is 17.1 Å². The van der Waals surface area contributed by atoms with Gasteiger partial charge in [0, 0.05) is 6.54 Å². The molecule has 3 N–H and O–H groups in total. The van der Waals surface area contributed by atoms with Crippen molar-refractivity contribution >= 4 is 28.2 Å². The second-order valence-corrected chi connectivity index (χ2v) is 6.15. The van der Waals surface area contributed by atoms with Gasteiger partial charge in [-0.15, -0.1) is 11.3 Å². The van der Waals surface area contributed by atoms with Crippen LogP contribution in [-0.4, -0.2) is 30.3 Å². The highest BCUT2D eigenvalue weighted by molar-refractivity contribution is 7.14. The maximum absolute atomic E-state index is 12.0. The molecule has 0 fully saturated rings. The average Bonchev–Trinajstić information content (AvgIpc) is 2.89. The molecule has 0 saturated heterocycles. The van der Waals surface area contributed by atoms with Crippen molar-refractivity contribution in [3.63, 3.8) is 0 Å². The summed E-state index contributed by atoms with van der Waals surface area (Å²) >= 11 is 1.29. The first kappa shape index (κ1) is 16.2. The van der Waals surface area contributed by atoms with E-state index in [0.717, 1.165) is 5.56 Å². The van der Waals surface area contributed by atoms with Gasteiger partial charge < -0.3 is 11.1 Å². The lowest BCUT2D eigenvalue weighted by Crippen LogP contribution is -2.30. The maximum atomic E-state index is 12.0.